The van der Waals surface area contributed by atoms with Gasteiger partial charge in [0.05, 0.1) is 5.92 Å². The SMILES string of the molecule is CC(c1cccc(C(=O)c2ccccc2)c1)c1ncno1. The van der Waals surface area contributed by atoms with Crippen molar-refractivity contribution in [3.8, 4) is 0 Å². The zero-order valence-corrected chi connectivity index (χ0v) is 11.6. The van der Waals surface area contributed by atoms with E-state index in [-0.39, 0.29) is 11.7 Å². The van der Waals surface area contributed by atoms with E-state index in [0.717, 1.165) is 5.56 Å². The lowest BCUT2D eigenvalue weighted by atomic mass is 9.95. The second-order valence-electron chi connectivity index (χ2n) is 4.82. The molecule has 1 heterocycles. The molecular weight excluding hydrogens is 264 g/mol. The van der Waals surface area contributed by atoms with Crippen LogP contribution in [0.4, 0.5) is 0 Å². The van der Waals surface area contributed by atoms with Crippen molar-refractivity contribution in [3.63, 3.8) is 0 Å². The highest BCUT2D eigenvalue weighted by atomic mass is 16.5. The number of nitrogens with zero attached hydrogens (tertiary/aromatic N) is 2. The third kappa shape index (κ3) is 2.74. The van der Waals surface area contributed by atoms with Gasteiger partial charge in [0, 0.05) is 11.1 Å². The van der Waals surface area contributed by atoms with E-state index in [1.807, 2.05) is 61.5 Å². The number of hydrogen-bond acceptors (Lipinski definition) is 4. The van der Waals surface area contributed by atoms with Gasteiger partial charge in [0.1, 0.15) is 0 Å². The number of hydrogen-bond donors (Lipinski definition) is 0. The molecule has 21 heavy (non-hydrogen) atoms. The summed E-state index contributed by atoms with van der Waals surface area (Å²) in [5.41, 5.74) is 2.31. The Morgan fingerprint density at radius 2 is 1.81 bits per heavy atom. The maximum atomic E-state index is 12.5. The molecule has 0 aliphatic rings. The smallest absolute Gasteiger partial charge is 0.233 e. The normalized spacial score (nSPS) is 12.0. The Morgan fingerprint density at radius 3 is 2.52 bits per heavy atom. The first kappa shape index (κ1) is 13.2. The molecule has 0 amide bonds. The molecular formula is C17H14N2O2. The van der Waals surface area contributed by atoms with Crippen LogP contribution in [0.25, 0.3) is 0 Å². The first-order valence-corrected chi connectivity index (χ1v) is 6.72. The van der Waals surface area contributed by atoms with E-state index in [2.05, 4.69) is 10.1 Å². The number of rotatable bonds is 4. The molecule has 2 aromatic carbocycles. The first-order valence-electron chi connectivity index (χ1n) is 6.72. The summed E-state index contributed by atoms with van der Waals surface area (Å²) >= 11 is 0. The van der Waals surface area contributed by atoms with Crippen molar-refractivity contribution in [3.05, 3.63) is 83.5 Å². The molecule has 1 atom stereocenters. The van der Waals surface area contributed by atoms with Gasteiger partial charge < -0.3 is 4.52 Å². The van der Waals surface area contributed by atoms with Crippen LogP contribution in [0.3, 0.4) is 0 Å². The van der Waals surface area contributed by atoms with Crippen molar-refractivity contribution in [1.82, 2.24) is 10.1 Å². The first-order chi connectivity index (χ1) is 10.3. The zero-order chi connectivity index (χ0) is 14.7. The highest BCUT2D eigenvalue weighted by Gasteiger charge is 2.16. The average Bonchev–Trinajstić information content (AvgIpc) is 3.09. The Labute approximate surface area is 122 Å². The summed E-state index contributed by atoms with van der Waals surface area (Å²) in [7, 11) is 0. The molecule has 0 aliphatic carbocycles. The lowest BCUT2D eigenvalue weighted by Gasteiger charge is -2.09. The van der Waals surface area contributed by atoms with Crippen LogP contribution in [0.15, 0.2) is 65.4 Å². The number of benzene rings is 2. The van der Waals surface area contributed by atoms with E-state index >= 15 is 0 Å². The van der Waals surface area contributed by atoms with Crippen LogP contribution in [0.2, 0.25) is 0 Å². The third-order valence-electron chi connectivity index (χ3n) is 3.43. The Balaban J connectivity index is 1.92. The second kappa shape index (κ2) is 5.71. The minimum absolute atomic E-state index is 0.00943. The summed E-state index contributed by atoms with van der Waals surface area (Å²) in [6, 6.07) is 16.8. The highest BCUT2D eigenvalue weighted by molar-refractivity contribution is 6.09. The maximum Gasteiger partial charge on any atom is 0.233 e. The van der Waals surface area contributed by atoms with Crippen molar-refractivity contribution in [2.24, 2.45) is 0 Å². The van der Waals surface area contributed by atoms with Gasteiger partial charge in [0.15, 0.2) is 12.1 Å². The predicted molar refractivity (Wildman–Crippen MR) is 78.1 cm³/mol. The van der Waals surface area contributed by atoms with Gasteiger partial charge in [-0.1, -0.05) is 53.7 Å². The van der Waals surface area contributed by atoms with Crippen LogP contribution in [0.1, 0.15) is 40.2 Å². The largest absolute Gasteiger partial charge is 0.339 e. The monoisotopic (exact) mass is 278 g/mol. The Kier molecular flexibility index (Phi) is 3.60. The molecule has 0 radical (unpaired) electrons. The van der Waals surface area contributed by atoms with E-state index in [4.69, 9.17) is 4.52 Å². The molecule has 0 aliphatic heterocycles. The molecule has 3 aromatic rings. The van der Waals surface area contributed by atoms with E-state index in [1.165, 1.54) is 6.33 Å². The summed E-state index contributed by atoms with van der Waals surface area (Å²) in [6.07, 6.45) is 1.38. The topological polar surface area (TPSA) is 56.0 Å². The van der Waals surface area contributed by atoms with Crippen molar-refractivity contribution in [2.45, 2.75) is 12.8 Å². The number of carbonyl (C=O) groups is 1. The molecule has 4 heteroatoms. The van der Waals surface area contributed by atoms with Crippen molar-refractivity contribution in [1.29, 1.82) is 0 Å². The maximum absolute atomic E-state index is 12.5. The summed E-state index contributed by atoms with van der Waals surface area (Å²) in [5.74, 6) is 0.505. The summed E-state index contributed by atoms with van der Waals surface area (Å²) in [5, 5.41) is 3.62. The van der Waals surface area contributed by atoms with Crippen LogP contribution in [-0.4, -0.2) is 15.9 Å². The van der Waals surface area contributed by atoms with Crippen LogP contribution in [-0.2, 0) is 0 Å². The summed E-state index contributed by atoms with van der Waals surface area (Å²) in [4.78, 5) is 16.5. The molecule has 1 unspecified atom stereocenters. The fourth-order valence-corrected chi connectivity index (χ4v) is 2.22. The van der Waals surface area contributed by atoms with Crippen LogP contribution in [0, 0.1) is 0 Å². The van der Waals surface area contributed by atoms with Crippen LogP contribution >= 0.6 is 0 Å². The molecule has 0 saturated heterocycles. The molecule has 0 fully saturated rings. The minimum Gasteiger partial charge on any atom is -0.339 e. The van der Waals surface area contributed by atoms with Crippen molar-refractivity contribution >= 4 is 5.78 Å². The summed E-state index contributed by atoms with van der Waals surface area (Å²) < 4.78 is 5.09. The molecule has 0 spiro atoms. The van der Waals surface area contributed by atoms with Crippen LogP contribution < -0.4 is 0 Å². The highest BCUT2D eigenvalue weighted by Crippen LogP contribution is 2.23. The zero-order valence-electron chi connectivity index (χ0n) is 11.6. The fourth-order valence-electron chi connectivity index (χ4n) is 2.22. The minimum atomic E-state index is -0.0453. The molecule has 0 saturated carbocycles. The Bertz CT molecular complexity index is 737. The van der Waals surface area contributed by atoms with Crippen molar-refractivity contribution < 1.29 is 9.32 Å². The molecule has 4 nitrogen and oxygen atoms in total. The number of ketones is 1. The van der Waals surface area contributed by atoms with Gasteiger partial charge in [-0.05, 0) is 18.6 Å². The van der Waals surface area contributed by atoms with Gasteiger partial charge in [-0.15, -0.1) is 0 Å². The average molecular weight is 278 g/mol. The lowest BCUT2D eigenvalue weighted by molar-refractivity contribution is 0.103. The van der Waals surface area contributed by atoms with Gasteiger partial charge in [-0.2, -0.15) is 4.98 Å². The number of aromatic nitrogens is 2. The van der Waals surface area contributed by atoms with Gasteiger partial charge in [-0.25, -0.2) is 0 Å². The van der Waals surface area contributed by atoms with E-state index in [0.29, 0.717) is 17.0 Å². The quantitative estimate of drug-likeness (QED) is 0.686. The third-order valence-corrected chi connectivity index (χ3v) is 3.43. The van der Waals surface area contributed by atoms with Crippen molar-refractivity contribution in [2.75, 3.05) is 0 Å². The van der Waals surface area contributed by atoms with Crippen LogP contribution in [0.5, 0.6) is 0 Å². The number of carbonyl (C=O) groups excluding carboxylic acids is 1. The lowest BCUT2D eigenvalue weighted by Crippen LogP contribution is -2.03. The van der Waals surface area contributed by atoms with Gasteiger partial charge in [0.25, 0.3) is 0 Å². The standard InChI is InChI=1S/C17H14N2O2/c1-12(17-18-11-19-21-17)14-8-5-9-15(10-14)16(20)13-6-3-2-4-7-13/h2-12H,1H3. The predicted octanol–water partition coefficient (Wildman–Crippen LogP) is 3.45. The molecule has 0 N–H and O–H groups in total. The molecule has 104 valence electrons. The molecule has 0 bridgehead atoms. The van der Waals surface area contributed by atoms with Gasteiger partial charge >= 0.3 is 0 Å². The Morgan fingerprint density at radius 1 is 1.05 bits per heavy atom. The fraction of sp³-hybridized carbons (Fsp3) is 0.118. The van der Waals surface area contributed by atoms with E-state index in [9.17, 15) is 4.79 Å². The van der Waals surface area contributed by atoms with E-state index in [1.54, 1.807) is 0 Å². The van der Waals surface area contributed by atoms with Gasteiger partial charge in [0.2, 0.25) is 5.89 Å². The van der Waals surface area contributed by atoms with E-state index < -0.39 is 0 Å². The molecule has 1 aromatic heterocycles. The molecule has 3 rings (SSSR count). The Hall–Kier alpha value is -2.75. The summed E-state index contributed by atoms with van der Waals surface area (Å²) in [6.45, 7) is 1.97. The van der Waals surface area contributed by atoms with Gasteiger partial charge in [-0.3, -0.25) is 4.79 Å². The second-order valence-corrected chi connectivity index (χ2v) is 4.82.